The molecule has 6 N–H and O–H groups in total. The molecule has 3 atom stereocenters. The van der Waals surface area contributed by atoms with Gasteiger partial charge in [-0.15, -0.1) is 0 Å². The molecule has 1 rings (SSSR count). The largest absolute Gasteiger partial charge is 0.481 e. The molecule has 3 unspecified atom stereocenters. The molecule has 0 aromatic carbocycles. The summed E-state index contributed by atoms with van der Waals surface area (Å²) in [4.78, 5) is 23.1. The molecule has 0 radical (unpaired) electrons. The van der Waals surface area contributed by atoms with Crippen molar-refractivity contribution in [2.75, 3.05) is 6.54 Å². The third kappa shape index (κ3) is 8.66. The van der Waals surface area contributed by atoms with Gasteiger partial charge in [0.1, 0.15) is 0 Å². The number of nitrogens with one attached hydrogen (secondary N) is 1. The van der Waals surface area contributed by atoms with Gasteiger partial charge in [0.15, 0.2) is 0 Å². The number of carbonyl (C=O) groups is 2. The van der Waals surface area contributed by atoms with Gasteiger partial charge >= 0.3 is 13.1 Å². The highest BCUT2D eigenvalue weighted by molar-refractivity contribution is 6.40. The number of carboxylic acids is 1. The van der Waals surface area contributed by atoms with Crippen molar-refractivity contribution in [3.8, 4) is 0 Å². The summed E-state index contributed by atoms with van der Waals surface area (Å²) in [5.74, 6) is -1.25. The minimum atomic E-state index is -1.12. The van der Waals surface area contributed by atoms with Gasteiger partial charge in [-0.1, -0.05) is 40.5 Å². The number of hydrogen-bond acceptors (Lipinski definition) is 5. The maximum Gasteiger partial charge on any atom is 0.451 e. The van der Waals surface area contributed by atoms with Crippen molar-refractivity contribution in [1.82, 2.24) is 5.32 Å². The van der Waals surface area contributed by atoms with E-state index in [9.17, 15) is 14.7 Å². The minimum absolute atomic E-state index is 0.0300. The van der Waals surface area contributed by atoms with Crippen LogP contribution in [0.5, 0.6) is 0 Å². The highest BCUT2D eigenvalue weighted by Gasteiger charge is 2.32. The summed E-state index contributed by atoms with van der Waals surface area (Å²) < 4.78 is 0. The van der Waals surface area contributed by atoms with Gasteiger partial charge in [-0.25, -0.2) is 0 Å². The second kappa shape index (κ2) is 10.7. The second-order valence-corrected chi connectivity index (χ2v) is 7.47. The predicted molar refractivity (Wildman–Crippen MR) is 94.2 cm³/mol. The molecule has 1 aliphatic carbocycles. The number of amides is 1. The Kier molecular flexibility index (Phi) is 10.2. The van der Waals surface area contributed by atoms with E-state index in [0.717, 1.165) is 19.3 Å². The van der Waals surface area contributed by atoms with E-state index in [0.29, 0.717) is 19.3 Å². The van der Waals surface area contributed by atoms with E-state index >= 15 is 0 Å². The molecule has 1 amide bonds. The first-order valence-electron chi connectivity index (χ1n) is 8.62. The van der Waals surface area contributed by atoms with Crippen LogP contribution in [0, 0.1) is 17.3 Å². The molecule has 1 saturated carbocycles. The molecule has 7 nitrogen and oxygen atoms in total. The van der Waals surface area contributed by atoms with Crippen molar-refractivity contribution in [3.63, 3.8) is 0 Å². The maximum absolute atomic E-state index is 11.9. The van der Waals surface area contributed by atoms with Gasteiger partial charge in [-0.3, -0.25) is 9.59 Å². The van der Waals surface area contributed by atoms with E-state index < -0.39 is 19.1 Å². The molecule has 0 aromatic rings. The smallest absolute Gasteiger partial charge is 0.451 e. The van der Waals surface area contributed by atoms with Crippen LogP contribution in [0.3, 0.4) is 0 Å². The monoisotopic (exact) mass is 344 g/mol. The summed E-state index contributed by atoms with van der Waals surface area (Å²) in [5, 5.41) is 27.8. The highest BCUT2D eigenvalue weighted by atomic mass is 16.4. The Morgan fingerprint density at radius 1 is 1.25 bits per heavy atom. The standard InChI is InChI=1S/C14H26N2O3.C2H7BO2/c1-14(2,3)11(15)12(17)16-8-9-6-4-5-7-10(9)13(18)19;1-2-3(4)5/h9-11H,4-8,15H2,1-3H3,(H,16,17)(H,18,19);4-5H,2H2,1H3. The van der Waals surface area contributed by atoms with Crippen molar-refractivity contribution in [1.29, 1.82) is 0 Å². The van der Waals surface area contributed by atoms with Gasteiger partial charge in [0.2, 0.25) is 5.91 Å². The number of carbonyl (C=O) groups excluding carboxylic acids is 1. The van der Waals surface area contributed by atoms with Crippen molar-refractivity contribution in [2.24, 2.45) is 23.0 Å². The Morgan fingerprint density at radius 3 is 2.17 bits per heavy atom. The van der Waals surface area contributed by atoms with E-state index in [4.69, 9.17) is 15.8 Å². The van der Waals surface area contributed by atoms with Gasteiger partial charge in [0.05, 0.1) is 12.0 Å². The van der Waals surface area contributed by atoms with Crippen LogP contribution in [0.4, 0.5) is 0 Å². The van der Waals surface area contributed by atoms with Crippen LogP contribution in [0.15, 0.2) is 0 Å². The fourth-order valence-electron chi connectivity index (χ4n) is 2.51. The first kappa shape index (κ1) is 22.9. The Labute approximate surface area is 145 Å². The molecule has 0 spiro atoms. The highest BCUT2D eigenvalue weighted by Crippen LogP contribution is 2.29. The van der Waals surface area contributed by atoms with Crippen LogP contribution in [0.1, 0.15) is 53.4 Å². The summed E-state index contributed by atoms with van der Waals surface area (Å²) in [6, 6.07) is -0.570. The Bertz CT molecular complexity index is 398. The molecule has 1 fully saturated rings. The zero-order valence-corrected chi connectivity index (χ0v) is 15.3. The first-order chi connectivity index (χ1) is 11.0. The number of aliphatic carboxylic acids is 1. The zero-order chi connectivity index (χ0) is 18.9. The first-order valence-corrected chi connectivity index (χ1v) is 8.62. The molecule has 140 valence electrons. The number of nitrogens with two attached hydrogens (primary N) is 1. The minimum Gasteiger partial charge on any atom is -0.481 e. The van der Waals surface area contributed by atoms with Crippen LogP contribution in [-0.4, -0.2) is 46.7 Å². The van der Waals surface area contributed by atoms with E-state index in [-0.39, 0.29) is 23.2 Å². The molecule has 8 heteroatoms. The third-order valence-corrected chi connectivity index (χ3v) is 4.35. The lowest BCUT2D eigenvalue weighted by Gasteiger charge is -2.30. The number of carboxylic acid groups (broad SMARTS) is 1. The normalized spacial score (nSPS) is 22.0. The number of rotatable bonds is 5. The van der Waals surface area contributed by atoms with Crippen LogP contribution in [0.25, 0.3) is 0 Å². The van der Waals surface area contributed by atoms with Crippen LogP contribution >= 0.6 is 0 Å². The van der Waals surface area contributed by atoms with Crippen molar-refractivity contribution in [2.45, 2.75) is 65.7 Å². The fraction of sp³-hybridized carbons (Fsp3) is 0.875. The molecule has 0 aliphatic heterocycles. The van der Waals surface area contributed by atoms with Gasteiger partial charge in [0.25, 0.3) is 0 Å². The Morgan fingerprint density at radius 2 is 1.75 bits per heavy atom. The molecule has 1 aliphatic rings. The van der Waals surface area contributed by atoms with E-state index in [1.165, 1.54) is 0 Å². The predicted octanol–water partition coefficient (Wildman–Crippen LogP) is 0.846. The molecule has 0 saturated heterocycles. The topological polar surface area (TPSA) is 133 Å². The zero-order valence-electron chi connectivity index (χ0n) is 15.3. The average molecular weight is 344 g/mol. The summed E-state index contributed by atoms with van der Waals surface area (Å²) in [5.41, 5.74) is 5.59. The van der Waals surface area contributed by atoms with Crippen LogP contribution < -0.4 is 11.1 Å². The Balaban J connectivity index is 0.000000922. The summed E-state index contributed by atoms with van der Waals surface area (Å²) in [6.07, 6.45) is 3.99. The van der Waals surface area contributed by atoms with Gasteiger partial charge in [-0.2, -0.15) is 0 Å². The van der Waals surface area contributed by atoms with E-state index in [1.807, 2.05) is 20.8 Å². The van der Waals surface area contributed by atoms with Crippen molar-refractivity contribution >= 4 is 19.0 Å². The maximum atomic E-state index is 11.9. The van der Waals surface area contributed by atoms with Crippen LogP contribution in [-0.2, 0) is 9.59 Å². The lowest BCUT2D eigenvalue weighted by Crippen LogP contribution is -2.50. The number of hydrogen-bond donors (Lipinski definition) is 5. The second-order valence-electron chi connectivity index (χ2n) is 7.47. The van der Waals surface area contributed by atoms with E-state index in [2.05, 4.69) is 5.32 Å². The Hall–Kier alpha value is -1.12. The molecule has 24 heavy (non-hydrogen) atoms. The summed E-state index contributed by atoms with van der Waals surface area (Å²) >= 11 is 0. The summed E-state index contributed by atoms with van der Waals surface area (Å²) in [6.45, 7) is 7.86. The molecule has 0 bridgehead atoms. The summed E-state index contributed by atoms with van der Waals surface area (Å²) in [7, 11) is -1.12. The quantitative estimate of drug-likeness (QED) is 0.470. The average Bonchev–Trinajstić information content (AvgIpc) is 2.51. The molecular formula is C16H33BN2O5. The molecular weight excluding hydrogens is 311 g/mol. The van der Waals surface area contributed by atoms with Gasteiger partial charge in [-0.05, 0) is 30.5 Å². The van der Waals surface area contributed by atoms with E-state index in [1.54, 1.807) is 6.92 Å². The molecule has 0 aromatic heterocycles. The lowest BCUT2D eigenvalue weighted by molar-refractivity contribution is -0.145. The van der Waals surface area contributed by atoms with Crippen molar-refractivity contribution in [3.05, 3.63) is 0 Å². The van der Waals surface area contributed by atoms with Crippen LogP contribution in [0.2, 0.25) is 6.32 Å². The van der Waals surface area contributed by atoms with Gasteiger partial charge in [0, 0.05) is 6.54 Å². The molecule has 0 heterocycles. The third-order valence-electron chi connectivity index (χ3n) is 4.35. The van der Waals surface area contributed by atoms with Crippen molar-refractivity contribution < 1.29 is 24.7 Å². The SMILES string of the molecule is CC(C)(C)C(N)C(=O)NCC1CCCCC1C(=O)O.CCB(O)O. The fourth-order valence-corrected chi connectivity index (χ4v) is 2.51. The van der Waals surface area contributed by atoms with Gasteiger partial charge < -0.3 is 26.2 Å². The lowest BCUT2D eigenvalue weighted by atomic mass is 9.79.